The molecular weight excluding hydrogens is 240 g/mol. The number of hydrogen-bond acceptors (Lipinski definition) is 1. The topological polar surface area (TPSA) is 17.1 Å². The Labute approximate surface area is 93.7 Å². The van der Waals surface area contributed by atoms with Crippen molar-refractivity contribution in [1.82, 2.24) is 0 Å². The molecule has 0 amide bonds. The first kappa shape index (κ1) is 11.4. The molecule has 0 aromatic heterocycles. The number of ketones is 1. The van der Waals surface area contributed by atoms with Crippen LogP contribution in [-0.2, 0) is 11.2 Å². The highest BCUT2D eigenvalue weighted by Crippen LogP contribution is 2.12. The van der Waals surface area contributed by atoms with Crippen LogP contribution in [0.4, 0.5) is 0 Å². The summed E-state index contributed by atoms with van der Waals surface area (Å²) < 4.78 is 1.07. The average Bonchev–Trinajstić information content (AvgIpc) is 2.16. The van der Waals surface area contributed by atoms with Crippen LogP contribution in [0.15, 0.2) is 28.7 Å². The van der Waals surface area contributed by atoms with Gasteiger partial charge in [-0.1, -0.05) is 35.0 Å². The number of aryl methyl sites for hydroxylation is 1. The SMILES string of the molecule is [CH2]C(C)C(=O)CCc1ccc(Br)cc1. The summed E-state index contributed by atoms with van der Waals surface area (Å²) in [4.78, 5) is 11.3. The van der Waals surface area contributed by atoms with Crippen molar-refractivity contribution in [3.05, 3.63) is 41.2 Å². The normalized spacial score (nSPS) is 10.6. The minimum atomic E-state index is -0.0922. The number of benzene rings is 1. The van der Waals surface area contributed by atoms with E-state index in [1.165, 1.54) is 5.56 Å². The Morgan fingerprint density at radius 1 is 1.43 bits per heavy atom. The van der Waals surface area contributed by atoms with Gasteiger partial charge in [0.05, 0.1) is 0 Å². The summed E-state index contributed by atoms with van der Waals surface area (Å²) in [5, 5.41) is 0. The maximum absolute atomic E-state index is 11.3. The van der Waals surface area contributed by atoms with Crippen molar-refractivity contribution in [3.8, 4) is 0 Å². The number of Topliss-reactive ketones (excluding diaryl/α,β-unsaturated/α-hetero) is 1. The zero-order valence-electron chi connectivity index (χ0n) is 8.29. The summed E-state index contributed by atoms with van der Waals surface area (Å²) in [6.07, 6.45) is 1.40. The van der Waals surface area contributed by atoms with Gasteiger partial charge < -0.3 is 0 Å². The molecule has 14 heavy (non-hydrogen) atoms. The molecule has 0 heterocycles. The van der Waals surface area contributed by atoms with E-state index in [2.05, 4.69) is 22.9 Å². The summed E-state index contributed by atoms with van der Waals surface area (Å²) in [5.41, 5.74) is 1.20. The van der Waals surface area contributed by atoms with Crippen LogP contribution >= 0.6 is 15.9 Å². The second-order valence-corrected chi connectivity index (χ2v) is 4.41. The van der Waals surface area contributed by atoms with Crippen molar-refractivity contribution in [1.29, 1.82) is 0 Å². The molecule has 0 aliphatic rings. The van der Waals surface area contributed by atoms with E-state index in [-0.39, 0.29) is 11.7 Å². The van der Waals surface area contributed by atoms with Crippen LogP contribution in [-0.4, -0.2) is 5.78 Å². The number of halogens is 1. The molecule has 0 aliphatic heterocycles. The monoisotopic (exact) mass is 253 g/mol. The van der Waals surface area contributed by atoms with Crippen molar-refractivity contribution < 1.29 is 4.79 Å². The van der Waals surface area contributed by atoms with E-state index in [9.17, 15) is 4.79 Å². The van der Waals surface area contributed by atoms with Crippen LogP contribution in [0.3, 0.4) is 0 Å². The first-order chi connectivity index (χ1) is 6.59. The van der Waals surface area contributed by atoms with E-state index in [0.717, 1.165) is 10.9 Å². The summed E-state index contributed by atoms with van der Waals surface area (Å²) in [5.74, 6) is 0.137. The largest absolute Gasteiger partial charge is 0.299 e. The molecule has 0 spiro atoms. The van der Waals surface area contributed by atoms with Crippen LogP contribution in [0.2, 0.25) is 0 Å². The molecule has 1 nitrogen and oxygen atoms in total. The number of rotatable bonds is 4. The Balaban J connectivity index is 2.46. The molecule has 0 saturated heterocycles. The van der Waals surface area contributed by atoms with Gasteiger partial charge in [0.1, 0.15) is 5.78 Å². The summed E-state index contributed by atoms with van der Waals surface area (Å²) in [7, 11) is 0. The highest BCUT2D eigenvalue weighted by Gasteiger charge is 2.06. The molecule has 0 N–H and O–H groups in total. The van der Waals surface area contributed by atoms with Gasteiger partial charge in [-0.15, -0.1) is 0 Å². The lowest BCUT2D eigenvalue weighted by atomic mass is 10.0. The number of carbonyl (C=O) groups excluding carboxylic acids is 1. The molecule has 0 fully saturated rings. The molecule has 1 unspecified atom stereocenters. The van der Waals surface area contributed by atoms with Gasteiger partial charge in [-0.2, -0.15) is 0 Å². The fraction of sp³-hybridized carbons (Fsp3) is 0.333. The minimum Gasteiger partial charge on any atom is -0.299 e. The van der Waals surface area contributed by atoms with Gasteiger partial charge in [-0.05, 0) is 31.0 Å². The quantitative estimate of drug-likeness (QED) is 0.804. The summed E-state index contributed by atoms with van der Waals surface area (Å²) in [6, 6.07) is 8.05. The van der Waals surface area contributed by atoms with Crippen molar-refractivity contribution in [2.75, 3.05) is 0 Å². The third-order valence-electron chi connectivity index (χ3n) is 2.12. The molecule has 0 aliphatic carbocycles. The standard InChI is InChI=1S/C12H14BrO/c1-9(2)12(14)8-5-10-3-6-11(13)7-4-10/h3-4,6-7,9H,1,5,8H2,2H3. The van der Waals surface area contributed by atoms with Crippen LogP contribution in [0.1, 0.15) is 18.9 Å². The second-order valence-electron chi connectivity index (χ2n) is 3.49. The number of hydrogen-bond donors (Lipinski definition) is 0. The molecule has 1 aromatic carbocycles. The smallest absolute Gasteiger partial charge is 0.136 e. The van der Waals surface area contributed by atoms with E-state index in [0.29, 0.717) is 6.42 Å². The van der Waals surface area contributed by atoms with Gasteiger partial charge in [0, 0.05) is 16.8 Å². The Morgan fingerprint density at radius 3 is 2.50 bits per heavy atom. The predicted molar refractivity (Wildman–Crippen MR) is 62.0 cm³/mol. The Hall–Kier alpha value is -0.630. The van der Waals surface area contributed by atoms with Crippen molar-refractivity contribution in [3.63, 3.8) is 0 Å². The molecule has 1 aromatic rings. The van der Waals surface area contributed by atoms with Crippen LogP contribution in [0, 0.1) is 12.8 Å². The summed E-state index contributed by atoms with van der Waals surface area (Å²) >= 11 is 3.37. The van der Waals surface area contributed by atoms with Gasteiger partial charge in [-0.3, -0.25) is 4.79 Å². The maximum atomic E-state index is 11.3. The van der Waals surface area contributed by atoms with Gasteiger partial charge in [-0.25, -0.2) is 0 Å². The molecule has 1 atom stereocenters. The van der Waals surface area contributed by atoms with Crippen LogP contribution in [0.25, 0.3) is 0 Å². The minimum absolute atomic E-state index is 0.0922. The summed E-state index contributed by atoms with van der Waals surface area (Å²) in [6.45, 7) is 5.54. The lowest BCUT2D eigenvalue weighted by Gasteiger charge is -2.03. The molecule has 1 rings (SSSR count). The van der Waals surface area contributed by atoms with E-state index in [1.54, 1.807) is 0 Å². The fourth-order valence-corrected chi connectivity index (χ4v) is 1.43. The van der Waals surface area contributed by atoms with Crippen LogP contribution < -0.4 is 0 Å². The highest BCUT2D eigenvalue weighted by atomic mass is 79.9. The Morgan fingerprint density at radius 2 is 2.00 bits per heavy atom. The first-order valence-corrected chi connectivity index (χ1v) is 5.49. The second kappa shape index (κ2) is 5.30. The average molecular weight is 254 g/mol. The van der Waals surface area contributed by atoms with Crippen molar-refractivity contribution in [2.45, 2.75) is 19.8 Å². The fourth-order valence-electron chi connectivity index (χ4n) is 1.17. The van der Waals surface area contributed by atoms with E-state index in [1.807, 2.05) is 31.2 Å². The van der Waals surface area contributed by atoms with Crippen molar-refractivity contribution >= 4 is 21.7 Å². The van der Waals surface area contributed by atoms with Crippen molar-refractivity contribution in [2.24, 2.45) is 5.92 Å². The maximum Gasteiger partial charge on any atom is 0.136 e. The van der Waals surface area contributed by atoms with Gasteiger partial charge in [0.25, 0.3) is 0 Å². The zero-order chi connectivity index (χ0) is 10.6. The number of carbonyl (C=O) groups is 1. The Bertz CT molecular complexity index is 301. The van der Waals surface area contributed by atoms with E-state index < -0.39 is 0 Å². The van der Waals surface area contributed by atoms with Gasteiger partial charge >= 0.3 is 0 Å². The van der Waals surface area contributed by atoms with E-state index in [4.69, 9.17) is 0 Å². The third-order valence-corrected chi connectivity index (χ3v) is 2.65. The lowest BCUT2D eigenvalue weighted by molar-refractivity contribution is -0.121. The molecule has 2 heteroatoms. The van der Waals surface area contributed by atoms with Gasteiger partial charge in [0.2, 0.25) is 0 Å². The van der Waals surface area contributed by atoms with Crippen LogP contribution in [0.5, 0.6) is 0 Å². The molecular formula is C12H14BrO. The molecule has 0 bridgehead atoms. The third kappa shape index (κ3) is 3.62. The zero-order valence-corrected chi connectivity index (χ0v) is 9.88. The molecule has 0 saturated carbocycles. The van der Waals surface area contributed by atoms with E-state index >= 15 is 0 Å². The molecule has 1 radical (unpaired) electrons. The predicted octanol–water partition coefficient (Wildman–Crippen LogP) is 3.42. The lowest BCUT2D eigenvalue weighted by Crippen LogP contribution is -2.07. The highest BCUT2D eigenvalue weighted by molar-refractivity contribution is 9.10. The molecule has 75 valence electrons. The Kier molecular flexibility index (Phi) is 4.33. The first-order valence-electron chi connectivity index (χ1n) is 4.70. The van der Waals surface area contributed by atoms with Gasteiger partial charge in [0.15, 0.2) is 0 Å².